The van der Waals surface area contributed by atoms with Crippen LogP contribution in [0.3, 0.4) is 0 Å². The number of aryl methyl sites for hydroxylation is 1. The first-order chi connectivity index (χ1) is 13.6. The van der Waals surface area contributed by atoms with E-state index in [2.05, 4.69) is 10.3 Å². The number of imidazole rings is 1. The molecule has 2 aromatic heterocycles. The number of hydrogen-bond donors (Lipinski definition) is 1. The van der Waals surface area contributed by atoms with Crippen molar-refractivity contribution in [3.05, 3.63) is 84.7 Å². The maximum Gasteiger partial charge on any atom is 0.265 e. The van der Waals surface area contributed by atoms with E-state index in [4.69, 9.17) is 4.74 Å². The van der Waals surface area contributed by atoms with Crippen molar-refractivity contribution in [2.75, 3.05) is 5.32 Å². The van der Waals surface area contributed by atoms with Gasteiger partial charge in [0.2, 0.25) is 0 Å². The Labute approximate surface area is 163 Å². The Bertz CT molecular complexity index is 1090. The molecular weight excluding hydrogens is 350 g/mol. The summed E-state index contributed by atoms with van der Waals surface area (Å²) in [5.41, 5.74) is 4.42. The Morgan fingerprint density at radius 2 is 1.86 bits per heavy atom. The lowest BCUT2D eigenvalue weighted by molar-refractivity contribution is -0.122. The van der Waals surface area contributed by atoms with Crippen molar-refractivity contribution in [3.63, 3.8) is 0 Å². The van der Waals surface area contributed by atoms with Gasteiger partial charge in [0.1, 0.15) is 11.4 Å². The number of benzene rings is 2. The summed E-state index contributed by atoms with van der Waals surface area (Å²) in [6.07, 6.45) is 3.33. The first-order valence-corrected chi connectivity index (χ1v) is 9.17. The fraction of sp³-hybridized carbons (Fsp3) is 0.130. The monoisotopic (exact) mass is 371 g/mol. The second-order valence-corrected chi connectivity index (χ2v) is 6.68. The molecule has 5 heteroatoms. The van der Waals surface area contributed by atoms with Gasteiger partial charge in [-0.1, -0.05) is 36.4 Å². The predicted octanol–water partition coefficient (Wildman–Crippen LogP) is 4.72. The predicted molar refractivity (Wildman–Crippen MR) is 111 cm³/mol. The molecule has 4 aromatic rings. The fourth-order valence-electron chi connectivity index (χ4n) is 2.98. The molecule has 140 valence electrons. The van der Waals surface area contributed by atoms with Gasteiger partial charge in [-0.05, 0) is 49.7 Å². The van der Waals surface area contributed by atoms with E-state index in [1.807, 2.05) is 90.4 Å². The van der Waals surface area contributed by atoms with E-state index >= 15 is 0 Å². The first kappa shape index (κ1) is 17.8. The minimum absolute atomic E-state index is 0.195. The maximum atomic E-state index is 12.6. The van der Waals surface area contributed by atoms with Crippen LogP contribution in [0, 0.1) is 6.92 Å². The Kier molecular flexibility index (Phi) is 4.81. The number of ether oxygens (including phenoxy) is 1. The lowest BCUT2D eigenvalue weighted by Crippen LogP contribution is -2.30. The van der Waals surface area contributed by atoms with Crippen LogP contribution < -0.4 is 10.1 Å². The summed E-state index contributed by atoms with van der Waals surface area (Å²) >= 11 is 0. The van der Waals surface area contributed by atoms with Crippen molar-refractivity contribution in [3.8, 4) is 17.0 Å². The number of pyridine rings is 1. The van der Waals surface area contributed by atoms with E-state index in [9.17, 15) is 4.79 Å². The van der Waals surface area contributed by atoms with Crippen molar-refractivity contribution in [2.24, 2.45) is 0 Å². The zero-order chi connectivity index (χ0) is 19.5. The van der Waals surface area contributed by atoms with Gasteiger partial charge in [0.15, 0.2) is 6.10 Å². The number of amides is 1. The zero-order valence-electron chi connectivity index (χ0n) is 15.8. The SMILES string of the molecule is Cc1ccc(-c2cn3ccccc3n2)cc1NC(=O)C(C)Oc1ccccc1. The molecule has 0 bridgehead atoms. The molecule has 0 aliphatic rings. The summed E-state index contributed by atoms with van der Waals surface area (Å²) in [7, 11) is 0. The lowest BCUT2D eigenvalue weighted by Gasteiger charge is -2.16. The molecule has 1 N–H and O–H groups in total. The number of aromatic nitrogens is 2. The first-order valence-electron chi connectivity index (χ1n) is 9.17. The summed E-state index contributed by atoms with van der Waals surface area (Å²) in [4.78, 5) is 17.3. The van der Waals surface area contributed by atoms with E-state index in [0.717, 1.165) is 28.2 Å². The average molecular weight is 371 g/mol. The van der Waals surface area contributed by atoms with Crippen molar-refractivity contribution in [1.29, 1.82) is 0 Å². The van der Waals surface area contributed by atoms with Gasteiger partial charge in [0.25, 0.3) is 5.91 Å². The van der Waals surface area contributed by atoms with Gasteiger partial charge < -0.3 is 14.5 Å². The molecule has 0 spiro atoms. The van der Waals surface area contributed by atoms with Crippen LogP contribution in [0.15, 0.2) is 79.1 Å². The molecule has 2 heterocycles. The summed E-state index contributed by atoms with van der Waals surface area (Å²) in [5.74, 6) is 0.472. The second-order valence-electron chi connectivity index (χ2n) is 6.68. The van der Waals surface area contributed by atoms with Crippen LogP contribution in [0.1, 0.15) is 12.5 Å². The molecule has 1 unspecified atom stereocenters. The quantitative estimate of drug-likeness (QED) is 0.552. The Hall–Kier alpha value is -3.60. The highest BCUT2D eigenvalue weighted by molar-refractivity contribution is 5.95. The second kappa shape index (κ2) is 7.56. The Morgan fingerprint density at radius 3 is 2.64 bits per heavy atom. The van der Waals surface area contributed by atoms with Gasteiger partial charge in [0, 0.05) is 23.6 Å². The highest BCUT2D eigenvalue weighted by Gasteiger charge is 2.16. The highest BCUT2D eigenvalue weighted by Crippen LogP contribution is 2.25. The average Bonchev–Trinajstić information content (AvgIpc) is 3.14. The van der Waals surface area contributed by atoms with Gasteiger partial charge in [0.05, 0.1) is 5.69 Å². The third-order valence-corrected chi connectivity index (χ3v) is 4.58. The number of carbonyl (C=O) groups excluding carboxylic acids is 1. The molecule has 0 saturated heterocycles. The number of carbonyl (C=O) groups is 1. The molecule has 0 aliphatic carbocycles. The summed E-state index contributed by atoms with van der Waals surface area (Å²) < 4.78 is 7.69. The van der Waals surface area contributed by atoms with Crippen molar-refractivity contribution in [1.82, 2.24) is 9.38 Å². The zero-order valence-corrected chi connectivity index (χ0v) is 15.8. The standard InChI is InChI=1S/C23H21N3O2/c1-16-11-12-18(21-15-26-13-7-6-10-22(26)24-21)14-20(16)25-23(27)17(2)28-19-8-4-3-5-9-19/h3-15,17H,1-2H3,(H,25,27). The Morgan fingerprint density at radius 1 is 1.07 bits per heavy atom. The van der Waals surface area contributed by atoms with E-state index in [1.165, 1.54) is 0 Å². The van der Waals surface area contributed by atoms with Crippen molar-refractivity contribution < 1.29 is 9.53 Å². The van der Waals surface area contributed by atoms with Crippen LogP contribution >= 0.6 is 0 Å². The summed E-state index contributed by atoms with van der Waals surface area (Å²) in [6.45, 7) is 3.70. The van der Waals surface area contributed by atoms with Crippen LogP contribution in [0.4, 0.5) is 5.69 Å². The number of para-hydroxylation sites is 1. The molecule has 0 saturated carbocycles. The summed E-state index contributed by atoms with van der Waals surface area (Å²) in [5, 5.41) is 2.98. The molecule has 1 amide bonds. The van der Waals surface area contributed by atoms with E-state index in [-0.39, 0.29) is 5.91 Å². The van der Waals surface area contributed by atoms with Crippen LogP contribution in [0.25, 0.3) is 16.9 Å². The smallest absolute Gasteiger partial charge is 0.265 e. The minimum Gasteiger partial charge on any atom is -0.481 e. The van der Waals surface area contributed by atoms with Gasteiger partial charge in [-0.3, -0.25) is 4.79 Å². The molecule has 28 heavy (non-hydrogen) atoms. The molecule has 0 radical (unpaired) electrons. The molecule has 0 fully saturated rings. The van der Waals surface area contributed by atoms with E-state index < -0.39 is 6.10 Å². The number of nitrogens with one attached hydrogen (secondary N) is 1. The number of anilines is 1. The van der Waals surface area contributed by atoms with Gasteiger partial charge in [-0.25, -0.2) is 4.98 Å². The molecule has 2 aromatic carbocycles. The molecule has 1 atom stereocenters. The van der Waals surface area contributed by atoms with Gasteiger partial charge >= 0.3 is 0 Å². The highest BCUT2D eigenvalue weighted by atomic mass is 16.5. The number of rotatable bonds is 5. The lowest BCUT2D eigenvalue weighted by atomic mass is 10.1. The van der Waals surface area contributed by atoms with Crippen LogP contribution in [-0.4, -0.2) is 21.4 Å². The Balaban J connectivity index is 1.54. The largest absolute Gasteiger partial charge is 0.481 e. The molecule has 4 rings (SSSR count). The van der Waals surface area contributed by atoms with Crippen LogP contribution in [-0.2, 0) is 4.79 Å². The van der Waals surface area contributed by atoms with Crippen LogP contribution in [0.2, 0.25) is 0 Å². The van der Waals surface area contributed by atoms with Crippen molar-refractivity contribution >= 4 is 17.2 Å². The summed E-state index contributed by atoms with van der Waals surface area (Å²) in [6, 6.07) is 21.2. The topological polar surface area (TPSA) is 55.6 Å². The third kappa shape index (κ3) is 3.74. The van der Waals surface area contributed by atoms with E-state index in [1.54, 1.807) is 6.92 Å². The van der Waals surface area contributed by atoms with Gasteiger partial charge in [-0.2, -0.15) is 0 Å². The van der Waals surface area contributed by atoms with Crippen LogP contribution in [0.5, 0.6) is 5.75 Å². The number of nitrogens with zero attached hydrogens (tertiary/aromatic N) is 2. The number of hydrogen-bond acceptors (Lipinski definition) is 3. The maximum absolute atomic E-state index is 12.6. The number of fused-ring (bicyclic) bond motifs is 1. The molecule has 5 nitrogen and oxygen atoms in total. The van der Waals surface area contributed by atoms with Gasteiger partial charge in [-0.15, -0.1) is 0 Å². The van der Waals surface area contributed by atoms with E-state index in [0.29, 0.717) is 5.75 Å². The van der Waals surface area contributed by atoms with Crippen molar-refractivity contribution in [2.45, 2.75) is 20.0 Å². The normalized spacial score (nSPS) is 11.9. The molecule has 0 aliphatic heterocycles. The third-order valence-electron chi connectivity index (χ3n) is 4.58. The molecular formula is C23H21N3O2. The fourth-order valence-corrected chi connectivity index (χ4v) is 2.98. The minimum atomic E-state index is -0.611.